The molecule has 0 aromatic heterocycles. The third kappa shape index (κ3) is 2.55. The molecule has 1 N–H and O–H groups in total. The summed E-state index contributed by atoms with van der Waals surface area (Å²) < 4.78 is 5.28. The third-order valence-corrected chi connectivity index (χ3v) is 3.90. The molecule has 0 saturated carbocycles. The number of nitrogens with one attached hydrogen (secondary N) is 1. The number of ether oxygens (including phenoxy) is 1. The lowest BCUT2D eigenvalue weighted by Crippen LogP contribution is -2.58. The molecular weight excluding hydrogens is 286 g/mol. The second-order valence-corrected chi connectivity index (χ2v) is 5.33. The maximum atomic E-state index is 12.4. The van der Waals surface area contributed by atoms with Crippen molar-refractivity contribution in [2.24, 2.45) is 0 Å². The van der Waals surface area contributed by atoms with Gasteiger partial charge in [-0.2, -0.15) is 0 Å². The van der Waals surface area contributed by atoms with E-state index in [1.54, 1.807) is 12.1 Å². The van der Waals surface area contributed by atoms with Crippen molar-refractivity contribution in [3.8, 4) is 0 Å². The zero-order valence-corrected chi connectivity index (χ0v) is 12.2. The van der Waals surface area contributed by atoms with E-state index in [1.165, 1.54) is 16.8 Å². The fourth-order valence-corrected chi connectivity index (χ4v) is 2.75. The van der Waals surface area contributed by atoms with Gasteiger partial charge in [-0.05, 0) is 11.6 Å². The number of nitrogens with zero attached hydrogens (tertiary/aromatic N) is 2. The molecule has 7 nitrogen and oxygen atoms in total. The number of carbonyl (C=O) groups is 3. The predicted octanol–water partition coefficient (Wildman–Crippen LogP) is -0.0791. The molecule has 0 radical (unpaired) electrons. The highest BCUT2D eigenvalue weighted by molar-refractivity contribution is 5.99. The molecule has 7 heteroatoms. The molecule has 0 spiro atoms. The van der Waals surface area contributed by atoms with Crippen LogP contribution >= 0.6 is 0 Å². The number of amides is 3. The quantitative estimate of drug-likeness (QED) is 0.829. The molecule has 0 bridgehead atoms. The number of benzene rings is 1. The van der Waals surface area contributed by atoms with Crippen molar-refractivity contribution in [2.45, 2.75) is 19.5 Å². The molecule has 1 aromatic carbocycles. The largest absolute Gasteiger partial charge is 0.377 e. The van der Waals surface area contributed by atoms with Gasteiger partial charge in [-0.15, -0.1) is 0 Å². The van der Waals surface area contributed by atoms with Crippen LogP contribution in [-0.4, -0.2) is 53.4 Å². The van der Waals surface area contributed by atoms with Crippen LogP contribution in [0.3, 0.4) is 0 Å². The number of hydrazine groups is 1. The Morgan fingerprint density at radius 2 is 2.09 bits per heavy atom. The van der Waals surface area contributed by atoms with Crippen LogP contribution in [0.4, 0.5) is 0 Å². The van der Waals surface area contributed by atoms with Gasteiger partial charge in [0.15, 0.2) is 0 Å². The van der Waals surface area contributed by atoms with E-state index in [0.29, 0.717) is 25.3 Å². The van der Waals surface area contributed by atoms with Gasteiger partial charge in [-0.3, -0.25) is 19.8 Å². The molecule has 1 saturated heterocycles. The van der Waals surface area contributed by atoms with Crippen molar-refractivity contribution in [2.75, 3.05) is 19.8 Å². The van der Waals surface area contributed by atoms with Crippen LogP contribution < -0.4 is 5.43 Å². The van der Waals surface area contributed by atoms with E-state index in [1.807, 2.05) is 12.1 Å². The summed E-state index contributed by atoms with van der Waals surface area (Å²) in [6.07, 6.45) is 0. The van der Waals surface area contributed by atoms with Crippen molar-refractivity contribution < 1.29 is 19.1 Å². The van der Waals surface area contributed by atoms with Crippen LogP contribution in [-0.2, 0) is 20.9 Å². The summed E-state index contributed by atoms with van der Waals surface area (Å²) in [5.74, 6) is -0.828. The molecule has 1 atom stereocenters. The Hall–Kier alpha value is -2.41. The van der Waals surface area contributed by atoms with E-state index >= 15 is 0 Å². The van der Waals surface area contributed by atoms with Gasteiger partial charge in [0.1, 0.15) is 6.04 Å². The molecule has 0 aliphatic carbocycles. The third-order valence-electron chi connectivity index (χ3n) is 3.90. The highest BCUT2D eigenvalue weighted by Crippen LogP contribution is 2.20. The van der Waals surface area contributed by atoms with Crippen molar-refractivity contribution in [3.05, 3.63) is 35.4 Å². The Morgan fingerprint density at radius 1 is 1.32 bits per heavy atom. The predicted molar refractivity (Wildman–Crippen MR) is 76.5 cm³/mol. The Labute approximate surface area is 127 Å². The van der Waals surface area contributed by atoms with Gasteiger partial charge >= 0.3 is 0 Å². The standard InChI is InChI=1S/C15H17N3O4/c1-10(19)17-6-7-22-9-13(17)14(20)16-18-8-11-4-2-3-5-12(11)15(18)21/h2-5,13H,6-9H2,1H3,(H,16,20). The molecular formula is C15H17N3O4. The second-order valence-electron chi connectivity index (χ2n) is 5.33. The fourth-order valence-electron chi connectivity index (χ4n) is 2.75. The van der Waals surface area contributed by atoms with Gasteiger partial charge < -0.3 is 9.64 Å². The number of rotatable bonds is 2. The van der Waals surface area contributed by atoms with E-state index in [-0.39, 0.29) is 18.4 Å². The van der Waals surface area contributed by atoms with Gasteiger partial charge in [-0.1, -0.05) is 18.2 Å². The number of fused-ring (bicyclic) bond motifs is 1. The minimum absolute atomic E-state index is 0.139. The van der Waals surface area contributed by atoms with Gasteiger partial charge in [0.2, 0.25) is 5.91 Å². The van der Waals surface area contributed by atoms with Crippen molar-refractivity contribution in [3.63, 3.8) is 0 Å². The molecule has 3 rings (SSSR count). The highest BCUT2D eigenvalue weighted by atomic mass is 16.5. The normalized spacial score (nSPS) is 20.8. The van der Waals surface area contributed by atoms with E-state index in [2.05, 4.69) is 5.43 Å². The Morgan fingerprint density at radius 3 is 2.82 bits per heavy atom. The van der Waals surface area contributed by atoms with Crippen molar-refractivity contribution >= 4 is 17.7 Å². The van der Waals surface area contributed by atoms with Crippen LogP contribution in [0.25, 0.3) is 0 Å². The molecule has 22 heavy (non-hydrogen) atoms. The van der Waals surface area contributed by atoms with Gasteiger partial charge in [0.25, 0.3) is 11.8 Å². The Bertz CT molecular complexity index is 631. The smallest absolute Gasteiger partial charge is 0.272 e. The monoisotopic (exact) mass is 303 g/mol. The Kier molecular flexibility index (Phi) is 3.81. The first-order chi connectivity index (χ1) is 10.6. The van der Waals surface area contributed by atoms with Crippen LogP contribution in [0, 0.1) is 0 Å². The molecule has 1 unspecified atom stereocenters. The van der Waals surface area contributed by atoms with Crippen LogP contribution in [0.1, 0.15) is 22.8 Å². The topological polar surface area (TPSA) is 79.0 Å². The van der Waals surface area contributed by atoms with Crippen molar-refractivity contribution in [1.82, 2.24) is 15.3 Å². The van der Waals surface area contributed by atoms with E-state index < -0.39 is 11.9 Å². The number of hydrogen-bond acceptors (Lipinski definition) is 4. The van der Waals surface area contributed by atoms with Crippen LogP contribution in [0.2, 0.25) is 0 Å². The summed E-state index contributed by atoms with van der Waals surface area (Å²) in [6.45, 7) is 2.68. The van der Waals surface area contributed by atoms with E-state index in [0.717, 1.165) is 5.56 Å². The van der Waals surface area contributed by atoms with Crippen LogP contribution in [0.5, 0.6) is 0 Å². The second kappa shape index (κ2) is 5.76. The number of morpholine rings is 1. The maximum Gasteiger partial charge on any atom is 0.272 e. The minimum atomic E-state index is -0.706. The first-order valence-corrected chi connectivity index (χ1v) is 7.13. The summed E-state index contributed by atoms with van der Waals surface area (Å²) in [5.41, 5.74) is 4.06. The molecule has 3 amide bonds. The number of carbonyl (C=O) groups excluding carboxylic acids is 3. The van der Waals surface area contributed by atoms with E-state index in [4.69, 9.17) is 4.74 Å². The van der Waals surface area contributed by atoms with E-state index in [9.17, 15) is 14.4 Å². The summed E-state index contributed by atoms with van der Waals surface area (Å²) in [4.78, 5) is 37.7. The summed E-state index contributed by atoms with van der Waals surface area (Å²) in [5, 5.41) is 1.28. The van der Waals surface area contributed by atoms with Gasteiger partial charge in [0, 0.05) is 19.0 Å². The first kappa shape index (κ1) is 14.5. The summed E-state index contributed by atoms with van der Waals surface area (Å²) >= 11 is 0. The molecule has 1 aromatic rings. The average Bonchev–Trinajstić information content (AvgIpc) is 2.84. The minimum Gasteiger partial charge on any atom is -0.377 e. The SMILES string of the molecule is CC(=O)N1CCOCC1C(=O)NN1Cc2ccccc2C1=O. The Balaban J connectivity index is 1.70. The summed E-state index contributed by atoms with van der Waals surface area (Å²) in [6, 6.07) is 6.52. The van der Waals surface area contributed by atoms with Gasteiger partial charge in [0.05, 0.1) is 19.8 Å². The fraction of sp³-hybridized carbons (Fsp3) is 0.400. The lowest BCUT2D eigenvalue weighted by molar-refractivity contribution is -0.148. The highest BCUT2D eigenvalue weighted by Gasteiger charge is 2.35. The zero-order valence-electron chi connectivity index (χ0n) is 12.2. The first-order valence-electron chi connectivity index (χ1n) is 7.13. The molecule has 2 heterocycles. The lowest BCUT2D eigenvalue weighted by Gasteiger charge is -2.34. The van der Waals surface area contributed by atoms with Gasteiger partial charge in [-0.25, -0.2) is 5.01 Å². The molecule has 116 valence electrons. The zero-order chi connectivity index (χ0) is 15.7. The van der Waals surface area contributed by atoms with Crippen molar-refractivity contribution in [1.29, 1.82) is 0 Å². The molecule has 2 aliphatic heterocycles. The number of hydrogen-bond donors (Lipinski definition) is 1. The maximum absolute atomic E-state index is 12.4. The summed E-state index contributed by atoms with van der Waals surface area (Å²) in [7, 11) is 0. The average molecular weight is 303 g/mol. The lowest BCUT2D eigenvalue weighted by atomic mass is 10.1. The van der Waals surface area contributed by atoms with Crippen LogP contribution in [0.15, 0.2) is 24.3 Å². The molecule has 2 aliphatic rings. The molecule has 1 fully saturated rings.